The van der Waals surface area contributed by atoms with Crippen molar-refractivity contribution >= 4 is 45.2 Å². The molecule has 0 aliphatic heterocycles. The predicted molar refractivity (Wildman–Crippen MR) is 151 cm³/mol. The van der Waals surface area contributed by atoms with E-state index in [1.54, 1.807) is 25.1 Å². The number of fused-ring (bicyclic) bond motifs is 2. The molecule has 1 aliphatic carbocycles. The SMILES string of the molecule is CCOC(=O)c1c(NC(=O)C(C)OC(=O)c2ccccc2-c2nc3ccccc3[nH]2)sc2c1CCCCCC2. The summed E-state index contributed by atoms with van der Waals surface area (Å²) in [6.45, 7) is 3.52. The highest BCUT2D eigenvalue weighted by Gasteiger charge is 2.28. The molecule has 1 aliphatic rings. The first kappa shape index (κ1) is 26.6. The monoisotopic (exact) mass is 545 g/mol. The van der Waals surface area contributed by atoms with Crippen LogP contribution in [0, 0.1) is 0 Å². The first-order valence-corrected chi connectivity index (χ1v) is 14.2. The number of ether oxygens (including phenoxy) is 2. The summed E-state index contributed by atoms with van der Waals surface area (Å²) in [6.07, 6.45) is 4.84. The first-order chi connectivity index (χ1) is 19.0. The standard InChI is InChI=1S/C30H31N3O5S/c1-3-37-30(36)25-21-14-6-4-5-7-17-24(21)39-28(25)33-27(34)18(2)38-29(35)20-13-9-8-12-19(20)26-31-22-15-10-11-16-23(22)32-26/h8-13,15-16,18H,3-7,14,17H2,1-2H3,(H,31,32)(H,33,34). The minimum Gasteiger partial charge on any atom is -0.462 e. The minimum atomic E-state index is -1.10. The van der Waals surface area contributed by atoms with Crippen molar-refractivity contribution in [1.82, 2.24) is 9.97 Å². The number of amides is 1. The van der Waals surface area contributed by atoms with Gasteiger partial charge >= 0.3 is 11.9 Å². The quantitative estimate of drug-likeness (QED) is 0.263. The third-order valence-electron chi connectivity index (χ3n) is 6.83. The van der Waals surface area contributed by atoms with Gasteiger partial charge < -0.3 is 19.8 Å². The van der Waals surface area contributed by atoms with Gasteiger partial charge in [-0.3, -0.25) is 4.79 Å². The number of hydrogen-bond donors (Lipinski definition) is 2. The lowest BCUT2D eigenvalue weighted by molar-refractivity contribution is -0.123. The highest BCUT2D eigenvalue weighted by Crippen LogP contribution is 2.38. The molecule has 2 N–H and O–H groups in total. The van der Waals surface area contributed by atoms with E-state index < -0.39 is 23.9 Å². The smallest absolute Gasteiger partial charge is 0.341 e. The van der Waals surface area contributed by atoms with Gasteiger partial charge in [0.25, 0.3) is 5.91 Å². The Labute approximate surface area is 230 Å². The van der Waals surface area contributed by atoms with E-state index in [9.17, 15) is 14.4 Å². The van der Waals surface area contributed by atoms with Gasteiger partial charge in [0.1, 0.15) is 10.8 Å². The molecule has 2 heterocycles. The number of para-hydroxylation sites is 2. The first-order valence-electron chi connectivity index (χ1n) is 13.3. The molecule has 0 radical (unpaired) electrons. The summed E-state index contributed by atoms with van der Waals surface area (Å²) in [7, 11) is 0. The molecule has 0 bridgehead atoms. The third kappa shape index (κ3) is 5.73. The Morgan fingerprint density at radius 3 is 2.54 bits per heavy atom. The summed E-state index contributed by atoms with van der Waals surface area (Å²) >= 11 is 1.42. The average molecular weight is 546 g/mol. The number of imidazole rings is 1. The van der Waals surface area contributed by atoms with E-state index in [1.165, 1.54) is 18.3 Å². The maximum absolute atomic E-state index is 13.2. The molecule has 1 unspecified atom stereocenters. The molecule has 2 aromatic carbocycles. The molecule has 1 amide bonds. The zero-order chi connectivity index (χ0) is 27.4. The average Bonchev–Trinajstić information content (AvgIpc) is 3.49. The van der Waals surface area contributed by atoms with Crippen LogP contribution < -0.4 is 5.32 Å². The number of rotatable bonds is 7. The van der Waals surface area contributed by atoms with Gasteiger partial charge in [-0.05, 0) is 63.3 Å². The van der Waals surface area contributed by atoms with Crippen molar-refractivity contribution < 1.29 is 23.9 Å². The number of anilines is 1. The number of benzene rings is 2. The van der Waals surface area contributed by atoms with Gasteiger partial charge in [0.05, 0.1) is 28.8 Å². The summed E-state index contributed by atoms with van der Waals surface area (Å²) < 4.78 is 10.9. The molecule has 1 atom stereocenters. The number of nitrogens with one attached hydrogen (secondary N) is 2. The van der Waals surface area contributed by atoms with E-state index in [-0.39, 0.29) is 6.61 Å². The number of aryl methyl sites for hydroxylation is 1. The second-order valence-corrected chi connectivity index (χ2v) is 10.6. The van der Waals surface area contributed by atoms with Crippen LogP contribution in [0.5, 0.6) is 0 Å². The number of aromatic amines is 1. The van der Waals surface area contributed by atoms with Gasteiger partial charge in [0.2, 0.25) is 0 Å². The number of thiophene rings is 1. The van der Waals surface area contributed by atoms with Gasteiger partial charge in [0, 0.05) is 10.4 Å². The van der Waals surface area contributed by atoms with Crippen molar-refractivity contribution in [2.75, 3.05) is 11.9 Å². The van der Waals surface area contributed by atoms with Crippen LogP contribution in [-0.4, -0.2) is 40.5 Å². The summed E-state index contributed by atoms with van der Waals surface area (Å²) in [5, 5.41) is 3.31. The van der Waals surface area contributed by atoms with Gasteiger partial charge in [-0.15, -0.1) is 11.3 Å². The molecule has 0 saturated carbocycles. The van der Waals surface area contributed by atoms with Crippen LogP contribution in [-0.2, 0) is 27.1 Å². The zero-order valence-electron chi connectivity index (χ0n) is 22.0. The largest absolute Gasteiger partial charge is 0.462 e. The summed E-state index contributed by atoms with van der Waals surface area (Å²) in [5.41, 5.74) is 3.91. The minimum absolute atomic E-state index is 0.246. The maximum atomic E-state index is 13.2. The van der Waals surface area contributed by atoms with E-state index >= 15 is 0 Å². The number of carbonyl (C=O) groups is 3. The van der Waals surface area contributed by atoms with Crippen molar-refractivity contribution in [1.29, 1.82) is 0 Å². The lowest BCUT2D eigenvalue weighted by Crippen LogP contribution is -2.30. The fourth-order valence-corrected chi connectivity index (χ4v) is 6.15. The van der Waals surface area contributed by atoms with E-state index in [0.29, 0.717) is 27.5 Å². The van der Waals surface area contributed by atoms with Gasteiger partial charge in [0.15, 0.2) is 6.10 Å². The number of nitrogens with zero attached hydrogens (tertiary/aromatic N) is 1. The Morgan fingerprint density at radius 2 is 1.74 bits per heavy atom. The Hall–Kier alpha value is -3.98. The van der Waals surface area contributed by atoms with Crippen molar-refractivity contribution in [3.8, 4) is 11.4 Å². The van der Waals surface area contributed by atoms with E-state index in [4.69, 9.17) is 9.47 Å². The van der Waals surface area contributed by atoms with Crippen LogP contribution in [0.1, 0.15) is 70.7 Å². The summed E-state index contributed by atoms with van der Waals surface area (Å²) in [5.74, 6) is -1.05. The molecule has 0 spiro atoms. The lowest BCUT2D eigenvalue weighted by atomic mass is 9.96. The molecular weight excluding hydrogens is 514 g/mol. The molecule has 39 heavy (non-hydrogen) atoms. The number of carbonyl (C=O) groups excluding carboxylic acids is 3. The fraction of sp³-hybridized carbons (Fsp3) is 0.333. The molecule has 5 rings (SSSR count). The zero-order valence-corrected chi connectivity index (χ0v) is 22.9. The fourth-order valence-electron chi connectivity index (χ4n) is 4.87. The van der Waals surface area contributed by atoms with Gasteiger partial charge in [-0.2, -0.15) is 0 Å². The van der Waals surface area contributed by atoms with Gasteiger partial charge in [-0.25, -0.2) is 14.6 Å². The Balaban J connectivity index is 1.35. The van der Waals surface area contributed by atoms with Crippen LogP contribution in [0.25, 0.3) is 22.4 Å². The molecule has 8 nitrogen and oxygen atoms in total. The Morgan fingerprint density at radius 1 is 1.00 bits per heavy atom. The van der Waals surface area contributed by atoms with Crippen LogP contribution in [0.2, 0.25) is 0 Å². The molecule has 202 valence electrons. The summed E-state index contributed by atoms with van der Waals surface area (Å²) in [4.78, 5) is 48.2. The molecule has 4 aromatic rings. The topological polar surface area (TPSA) is 110 Å². The van der Waals surface area contributed by atoms with Crippen LogP contribution in [0.15, 0.2) is 48.5 Å². The van der Waals surface area contributed by atoms with Gasteiger partial charge in [-0.1, -0.05) is 43.2 Å². The van der Waals surface area contributed by atoms with Crippen LogP contribution >= 0.6 is 11.3 Å². The Bertz CT molecular complexity index is 1490. The van der Waals surface area contributed by atoms with Crippen molar-refractivity contribution in [3.63, 3.8) is 0 Å². The number of H-pyrrole nitrogens is 1. The normalized spacial score (nSPS) is 14.1. The number of esters is 2. The van der Waals surface area contributed by atoms with E-state index in [0.717, 1.165) is 60.0 Å². The summed E-state index contributed by atoms with van der Waals surface area (Å²) in [6, 6.07) is 14.6. The molecule has 0 fully saturated rings. The highest BCUT2D eigenvalue weighted by molar-refractivity contribution is 7.17. The second-order valence-electron chi connectivity index (χ2n) is 9.53. The van der Waals surface area contributed by atoms with Crippen molar-refractivity contribution in [2.24, 2.45) is 0 Å². The predicted octanol–water partition coefficient (Wildman–Crippen LogP) is 6.31. The van der Waals surface area contributed by atoms with Crippen LogP contribution in [0.4, 0.5) is 5.00 Å². The molecule has 0 saturated heterocycles. The highest BCUT2D eigenvalue weighted by atomic mass is 32.1. The Kier molecular flexibility index (Phi) is 8.07. The second kappa shape index (κ2) is 11.8. The van der Waals surface area contributed by atoms with Crippen LogP contribution in [0.3, 0.4) is 0 Å². The number of hydrogen-bond acceptors (Lipinski definition) is 7. The molecular formula is C30H31N3O5S. The van der Waals surface area contributed by atoms with Crippen molar-refractivity contribution in [2.45, 2.75) is 58.5 Å². The van der Waals surface area contributed by atoms with E-state index in [1.807, 2.05) is 30.3 Å². The number of aromatic nitrogens is 2. The van der Waals surface area contributed by atoms with Crippen molar-refractivity contribution in [3.05, 3.63) is 70.1 Å². The molecule has 9 heteroatoms. The maximum Gasteiger partial charge on any atom is 0.341 e. The molecule has 2 aromatic heterocycles. The lowest BCUT2D eigenvalue weighted by Gasteiger charge is -2.15. The third-order valence-corrected chi connectivity index (χ3v) is 8.04. The van der Waals surface area contributed by atoms with E-state index in [2.05, 4.69) is 15.3 Å².